The number of nitrogen functional groups attached to an aromatic ring is 1. The van der Waals surface area contributed by atoms with Crippen molar-refractivity contribution in [1.82, 2.24) is 20.1 Å². The number of fused-ring (bicyclic) bond motifs is 1. The molecule has 0 aromatic carbocycles. The van der Waals surface area contributed by atoms with Crippen molar-refractivity contribution in [2.75, 3.05) is 31.2 Å². The average molecular weight is 549 g/mol. The van der Waals surface area contributed by atoms with Crippen LogP contribution in [-0.4, -0.2) is 97.7 Å². The molecule has 2 fully saturated rings. The number of hydrogen-bond acceptors (Lipinski definition) is 13. The monoisotopic (exact) mass is 548 g/mol. The molecule has 3 aliphatic rings. The van der Waals surface area contributed by atoms with Gasteiger partial charge in [0.2, 0.25) is 0 Å². The number of aliphatic carboxylic acids is 1. The second-order valence-corrected chi connectivity index (χ2v) is 9.84. The largest absolute Gasteiger partial charge is 1.00 e. The van der Waals surface area contributed by atoms with Crippen molar-refractivity contribution in [3.8, 4) is 0 Å². The van der Waals surface area contributed by atoms with E-state index in [2.05, 4.69) is 15.5 Å². The first kappa shape index (κ1) is 28.2. The number of aliphatic hydroxyl groups excluding tert-OH is 1. The Bertz CT molecular complexity index is 1130. The molecule has 4 heterocycles. The first-order valence-corrected chi connectivity index (χ1v) is 12.4. The van der Waals surface area contributed by atoms with E-state index in [9.17, 15) is 34.6 Å². The maximum Gasteiger partial charge on any atom is 1.00 e. The molecule has 2 saturated heterocycles. The zero-order valence-corrected chi connectivity index (χ0v) is 22.7. The molecular weight excluding hydrogens is 527 g/mol. The molecule has 0 spiro atoms. The number of likely N-dealkylation sites (tertiary alicyclic amines) is 1. The second kappa shape index (κ2) is 11.8. The zero-order valence-electron chi connectivity index (χ0n) is 19.1. The van der Waals surface area contributed by atoms with E-state index in [1.165, 1.54) is 10.3 Å². The summed E-state index contributed by atoms with van der Waals surface area (Å²) in [5.41, 5.74) is 4.86. The summed E-state index contributed by atoms with van der Waals surface area (Å²) in [6.45, 7) is -0.149. The van der Waals surface area contributed by atoms with Gasteiger partial charge in [-0.2, -0.15) is 0 Å². The van der Waals surface area contributed by atoms with Gasteiger partial charge in [-0.15, -0.1) is 23.1 Å². The molecule has 0 radical (unpaired) electrons. The molecule has 14 nitrogen and oxygen atoms in total. The minimum atomic E-state index is -1.62. The molecule has 0 aliphatic carbocycles. The number of carbonyl (C=O) groups is 4. The van der Waals surface area contributed by atoms with E-state index in [-0.39, 0.29) is 71.0 Å². The number of carboxylic acids is 1. The van der Waals surface area contributed by atoms with Gasteiger partial charge in [-0.05, 0) is 12.8 Å². The summed E-state index contributed by atoms with van der Waals surface area (Å²) in [5.74, 6) is -3.12. The summed E-state index contributed by atoms with van der Waals surface area (Å²) in [6.07, 6.45) is 0.681. The third kappa shape index (κ3) is 5.33. The number of carbonyl (C=O) groups excluding carboxylic acids is 4. The normalized spacial score (nSPS) is 23.5. The number of ether oxygens (including phenoxy) is 1. The van der Waals surface area contributed by atoms with Gasteiger partial charge in [0.25, 0.3) is 11.8 Å². The first-order valence-electron chi connectivity index (χ1n) is 10.4. The number of thioether (sulfide) groups is 1. The fourth-order valence-corrected chi connectivity index (χ4v) is 5.97. The van der Waals surface area contributed by atoms with Crippen molar-refractivity contribution in [3.05, 3.63) is 22.3 Å². The molecule has 17 heteroatoms. The summed E-state index contributed by atoms with van der Waals surface area (Å²) < 4.78 is 5.26. The number of aromatic nitrogens is 1. The van der Waals surface area contributed by atoms with Crippen molar-refractivity contribution < 1.29 is 68.9 Å². The number of carboxylic acid groups (broad SMARTS) is 1. The van der Waals surface area contributed by atoms with Crippen LogP contribution in [0.4, 0.5) is 9.93 Å². The van der Waals surface area contributed by atoms with Crippen LogP contribution < -0.4 is 45.7 Å². The van der Waals surface area contributed by atoms with Crippen LogP contribution in [0.15, 0.2) is 21.8 Å². The van der Waals surface area contributed by atoms with Gasteiger partial charge >= 0.3 is 35.7 Å². The van der Waals surface area contributed by atoms with Crippen LogP contribution in [0.5, 0.6) is 0 Å². The Morgan fingerprint density at radius 1 is 1.39 bits per heavy atom. The van der Waals surface area contributed by atoms with Crippen molar-refractivity contribution in [2.24, 2.45) is 5.16 Å². The van der Waals surface area contributed by atoms with E-state index in [1.54, 1.807) is 0 Å². The third-order valence-electron chi connectivity index (χ3n) is 5.80. The fraction of sp³-hybridized carbons (Fsp3) is 0.474. The van der Waals surface area contributed by atoms with Crippen LogP contribution in [-0.2, 0) is 19.1 Å². The summed E-state index contributed by atoms with van der Waals surface area (Å²) >= 11 is 2.19. The Hall–Kier alpha value is -2.37. The number of nitrogens with two attached hydrogens (primary N) is 1. The Labute approximate surface area is 234 Å². The Kier molecular flexibility index (Phi) is 9.23. The van der Waals surface area contributed by atoms with Gasteiger partial charge in [0.15, 0.2) is 10.8 Å². The number of aliphatic hydroxyl groups is 1. The minimum Gasteiger partial charge on any atom is -0.543 e. The maximum absolute atomic E-state index is 12.8. The van der Waals surface area contributed by atoms with Crippen LogP contribution in [0.2, 0.25) is 0 Å². The number of rotatable bonds is 7. The molecule has 1 aromatic rings. The van der Waals surface area contributed by atoms with Crippen LogP contribution >= 0.6 is 23.1 Å². The van der Waals surface area contributed by atoms with E-state index in [0.717, 1.165) is 34.4 Å². The molecule has 1 aromatic heterocycles. The molecule has 3 aliphatic heterocycles. The van der Waals surface area contributed by atoms with Gasteiger partial charge in [-0.25, -0.2) is 9.78 Å². The molecule has 3 atom stereocenters. The predicted molar refractivity (Wildman–Crippen MR) is 120 cm³/mol. The molecular formula is C19H21N6NaO8S2. The summed E-state index contributed by atoms with van der Waals surface area (Å²) in [7, 11) is 0. The minimum absolute atomic E-state index is 0. The maximum atomic E-state index is 12.8. The topological polar surface area (TPSA) is 211 Å². The molecule has 0 saturated carbocycles. The molecule has 3 amide bonds. The molecule has 5 N–H and O–H groups in total. The number of nitrogens with zero attached hydrogens (tertiary/aromatic N) is 4. The van der Waals surface area contributed by atoms with Gasteiger partial charge in [0.05, 0.1) is 24.3 Å². The standard InChI is InChI=1S/C19H22N6O8S2.Na/c20-18-21-10(7-35-18)11(23-32)14(27)22-12-15(28)25-13(17(29)30)8(6-34-16(12)25)5-33-19(31)24-3-1-2-9(24)4-26;/h7,9,12,16,26,32H,1-6H2,(H2,20,21)(H,22,27)(H,29,30);/q;+1/p-1/b23-11-;/t9-,12?,16?;/m0./s1. The van der Waals surface area contributed by atoms with Crippen LogP contribution in [0, 0.1) is 0 Å². The molecule has 36 heavy (non-hydrogen) atoms. The van der Waals surface area contributed by atoms with Crippen molar-refractivity contribution in [2.45, 2.75) is 30.3 Å². The number of anilines is 1. The Morgan fingerprint density at radius 2 is 2.14 bits per heavy atom. The van der Waals surface area contributed by atoms with Crippen LogP contribution in [0.25, 0.3) is 0 Å². The fourth-order valence-electron chi connectivity index (χ4n) is 4.10. The van der Waals surface area contributed by atoms with Crippen LogP contribution in [0.1, 0.15) is 18.5 Å². The smallest absolute Gasteiger partial charge is 0.543 e. The summed E-state index contributed by atoms with van der Waals surface area (Å²) in [6, 6.07) is -1.44. The Morgan fingerprint density at radius 3 is 2.75 bits per heavy atom. The predicted octanol–water partition coefficient (Wildman–Crippen LogP) is -5.10. The van der Waals surface area contributed by atoms with Gasteiger partial charge in [-0.3, -0.25) is 14.5 Å². The van der Waals surface area contributed by atoms with Crippen LogP contribution in [0.3, 0.4) is 0 Å². The number of hydrogen-bond donors (Lipinski definition) is 4. The molecule has 0 bridgehead atoms. The van der Waals surface area contributed by atoms with Gasteiger partial charge in [0, 0.05) is 23.3 Å². The number of thiazole rings is 1. The average Bonchev–Trinajstić information content (AvgIpc) is 3.49. The SMILES string of the molecule is Nc1nc(/C(=N/O)C(=O)NC2C(=O)N3C(C(=O)[O-])=C(COC(=O)N4CCC[C@H]4CO)CSC23)cs1.[Na+]. The van der Waals surface area contributed by atoms with E-state index in [1.807, 2.05) is 0 Å². The number of oxime groups is 1. The van der Waals surface area contributed by atoms with E-state index >= 15 is 0 Å². The quantitative estimate of drug-likeness (QED) is 0.0832. The van der Waals surface area contributed by atoms with E-state index < -0.39 is 46.7 Å². The second-order valence-electron chi connectivity index (χ2n) is 7.85. The molecule has 4 rings (SSSR count). The van der Waals surface area contributed by atoms with Gasteiger partial charge < -0.3 is 40.9 Å². The van der Waals surface area contributed by atoms with Gasteiger partial charge in [0.1, 0.15) is 23.7 Å². The molecule has 2 unspecified atom stereocenters. The first-order chi connectivity index (χ1) is 16.8. The summed E-state index contributed by atoms with van der Waals surface area (Å²) in [4.78, 5) is 55.8. The number of β-lactam (4-membered cyclic amide) rings is 1. The Balaban J connectivity index is 0.00000361. The number of amides is 3. The number of nitrogens with one attached hydrogen (secondary N) is 1. The van der Waals surface area contributed by atoms with Crippen molar-refractivity contribution in [3.63, 3.8) is 0 Å². The van der Waals surface area contributed by atoms with Crippen molar-refractivity contribution in [1.29, 1.82) is 0 Å². The zero-order chi connectivity index (χ0) is 25.3. The summed E-state index contributed by atoms with van der Waals surface area (Å²) in [5, 5.41) is 36.6. The van der Waals surface area contributed by atoms with E-state index in [4.69, 9.17) is 10.5 Å². The molecule has 188 valence electrons. The third-order valence-corrected chi connectivity index (χ3v) is 7.81. The van der Waals surface area contributed by atoms with E-state index in [0.29, 0.717) is 13.0 Å². The van der Waals surface area contributed by atoms with Gasteiger partial charge in [-0.1, -0.05) is 5.16 Å². The van der Waals surface area contributed by atoms with Crippen molar-refractivity contribution >= 4 is 57.8 Å².